The summed E-state index contributed by atoms with van der Waals surface area (Å²) >= 11 is 0. The lowest BCUT2D eigenvalue weighted by atomic mass is 10.0. The van der Waals surface area contributed by atoms with E-state index in [-0.39, 0.29) is 23.1 Å². The normalized spacial score (nSPS) is 14.6. The van der Waals surface area contributed by atoms with Crippen LogP contribution in [0.4, 0.5) is 0 Å². The third-order valence-electron chi connectivity index (χ3n) is 6.99. The lowest BCUT2D eigenvalue weighted by Gasteiger charge is -2.32. The molecule has 0 saturated carbocycles. The van der Waals surface area contributed by atoms with E-state index in [0.717, 1.165) is 36.0 Å². The molecular weight excluding hydrogens is 510 g/mol. The van der Waals surface area contributed by atoms with Gasteiger partial charge in [0, 0.05) is 32.6 Å². The van der Waals surface area contributed by atoms with Crippen LogP contribution in [0.3, 0.4) is 0 Å². The molecular formula is C31H37N3O4S. The Balaban J connectivity index is 1.54. The number of benzene rings is 3. The Kier molecular flexibility index (Phi) is 9.90. The van der Waals surface area contributed by atoms with Crippen molar-refractivity contribution in [3.63, 3.8) is 0 Å². The van der Waals surface area contributed by atoms with Gasteiger partial charge in [0.2, 0.25) is 21.8 Å². The van der Waals surface area contributed by atoms with E-state index in [4.69, 9.17) is 0 Å². The Morgan fingerprint density at radius 3 is 2.10 bits per heavy atom. The standard InChI is InChI=1S/C31H37N3O4S/c1-2-21-32-31(36)30(27-13-7-4-8-14-27)34(24-26-11-5-3-6-12-26)29(35)20-17-25-15-18-28(19-16-25)39(37,38)33-22-9-10-23-33/h3-8,11-16,18-19,30H,2,9-10,17,20-24H2,1H3,(H,32,36). The number of hydrogen-bond donors (Lipinski definition) is 1. The van der Waals surface area contributed by atoms with Crippen LogP contribution in [-0.2, 0) is 32.6 Å². The molecule has 1 atom stereocenters. The van der Waals surface area contributed by atoms with Gasteiger partial charge in [0.05, 0.1) is 4.90 Å². The molecule has 3 aromatic carbocycles. The van der Waals surface area contributed by atoms with E-state index in [1.807, 2.05) is 67.6 Å². The zero-order chi connectivity index (χ0) is 27.7. The number of aryl methyl sites for hydroxylation is 1. The first kappa shape index (κ1) is 28.5. The van der Waals surface area contributed by atoms with E-state index in [1.54, 1.807) is 29.2 Å². The molecule has 3 aromatic rings. The Hall–Kier alpha value is -3.49. The molecule has 206 valence electrons. The Morgan fingerprint density at radius 2 is 1.49 bits per heavy atom. The lowest BCUT2D eigenvalue weighted by molar-refractivity contribution is -0.141. The van der Waals surface area contributed by atoms with E-state index < -0.39 is 16.1 Å². The van der Waals surface area contributed by atoms with Crippen molar-refractivity contribution in [2.45, 2.75) is 56.5 Å². The van der Waals surface area contributed by atoms with Gasteiger partial charge >= 0.3 is 0 Å². The van der Waals surface area contributed by atoms with Crippen molar-refractivity contribution in [1.29, 1.82) is 0 Å². The second kappa shape index (κ2) is 13.5. The van der Waals surface area contributed by atoms with Gasteiger partial charge in [0.1, 0.15) is 6.04 Å². The van der Waals surface area contributed by atoms with Gasteiger partial charge in [-0.3, -0.25) is 9.59 Å². The first-order chi connectivity index (χ1) is 18.9. The first-order valence-corrected chi connectivity index (χ1v) is 15.1. The van der Waals surface area contributed by atoms with Crippen molar-refractivity contribution in [2.75, 3.05) is 19.6 Å². The van der Waals surface area contributed by atoms with E-state index in [0.29, 0.717) is 32.6 Å². The molecule has 1 N–H and O–H groups in total. The topological polar surface area (TPSA) is 86.8 Å². The minimum Gasteiger partial charge on any atom is -0.354 e. The molecule has 0 spiro atoms. The van der Waals surface area contributed by atoms with Crippen molar-refractivity contribution in [3.8, 4) is 0 Å². The summed E-state index contributed by atoms with van der Waals surface area (Å²) in [5.41, 5.74) is 2.56. The molecule has 7 nitrogen and oxygen atoms in total. The highest BCUT2D eigenvalue weighted by molar-refractivity contribution is 7.89. The molecule has 8 heteroatoms. The molecule has 0 bridgehead atoms. The van der Waals surface area contributed by atoms with Gasteiger partial charge in [-0.1, -0.05) is 79.7 Å². The average molecular weight is 548 g/mol. The van der Waals surface area contributed by atoms with Gasteiger partial charge in [-0.15, -0.1) is 0 Å². The monoisotopic (exact) mass is 547 g/mol. The summed E-state index contributed by atoms with van der Waals surface area (Å²) in [5.74, 6) is -0.350. The molecule has 1 aliphatic rings. The minimum absolute atomic E-state index is 0.145. The van der Waals surface area contributed by atoms with Crippen LogP contribution in [0.25, 0.3) is 0 Å². The lowest BCUT2D eigenvalue weighted by Crippen LogP contribution is -2.43. The Labute approximate surface area is 231 Å². The summed E-state index contributed by atoms with van der Waals surface area (Å²) in [6, 6.07) is 25.1. The number of sulfonamides is 1. The van der Waals surface area contributed by atoms with E-state index in [9.17, 15) is 18.0 Å². The summed E-state index contributed by atoms with van der Waals surface area (Å²) < 4.78 is 27.2. The maximum absolute atomic E-state index is 13.8. The number of nitrogens with zero attached hydrogens (tertiary/aromatic N) is 2. The summed E-state index contributed by atoms with van der Waals surface area (Å²) in [5, 5.41) is 2.98. The van der Waals surface area contributed by atoms with Crippen LogP contribution in [0.5, 0.6) is 0 Å². The third kappa shape index (κ3) is 7.34. The largest absolute Gasteiger partial charge is 0.354 e. The van der Waals surface area contributed by atoms with Crippen molar-refractivity contribution >= 4 is 21.8 Å². The zero-order valence-corrected chi connectivity index (χ0v) is 23.3. The van der Waals surface area contributed by atoms with Crippen LogP contribution in [0, 0.1) is 0 Å². The molecule has 1 fully saturated rings. The zero-order valence-electron chi connectivity index (χ0n) is 22.5. The highest BCUT2D eigenvalue weighted by Crippen LogP contribution is 2.26. The molecule has 39 heavy (non-hydrogen) atoms. The van der Waals surface area contributed by atoms with Gasteiger partial charge in [0.25, 0.3) is 0 Å². The molecule has 0 aliphatic carbocycles. The Morgan fingerprint density at radius 1 is 0.872 bits per heavy atom. The molecule has 0 radical (unpaired) electrons. The smallest absolute Gasteiger partial charge is 0.247 e. The number of carbonyl (C=O) groups excluding carboxylic acids is 2. The Bertz CT molecular complexity index is 1320. The maximum Gasteiger partial charge on any atom is 0.247 e. The fraction of sp³-hybridized carbons (Fsp3) is 0.355. The summed E-state index contributed by atoms with van der Waals surface area (Å²) in [6.07, 6.45) is 3.20. The summed E-state index contributed by atoms with van der Waals surface area (Å²) in [7, 11) is -3.48. The molecule has 1 heterocycles. The minimum atomic E-state index is -3.48. The van der Waals surface area contributed by atoms with Crippen LogP contribution in [0.2, 0.25) is 0 Å². The maximum atomic E-state index is 13.8. The van der Waals surface area contributed by atoms with Gasteiger partial charge < -0.3 is 10.2 Å². The second-order valence-corrected chi connectivity index (χ2v) is 11.8. The van der Waals surface area contributed by atoms with Crippen molar-refractivity contribution in [2.24, 2.45) is 0 Å². The SMILES string of the molecule is CCCNC(=O)C(c1ccccc1)N(Cc1ccccc1)C(=O)CCc1ccc(S(=O)(=O)N2CCCC2)cc1. The number of amides is 2. The van der Waals surface area contributed by atoms with Crippen LogP contribution >= 0.6 is 0 Å². The second-order valence-electron chi connectivity index (χ2n) is 9.87. The van der Waals surface area contributed by atoms with Gasteiger partial charge in [-0.25, -0.2) is 8.42 Å². The fourth-order valence-electron chi connectivity index (χ4n) is 4.86. The summed E-state index contributed by atoms with van der Waals surface area (Å²) in [6.45, 7) is 3.94. The van der Waals surface area contributed by atoms with Gasteiger partial charge in [0.15, 0.2) is 0 Å². The van der Waals surface area contributed by atoms with E-state index in [1.165, 1.54) is 4.31 Å². The molecule has 1 saturated heterocycles. The van der Waals surface area contributed by atoms with Gasteiger partial charge in [-0.05, 0) is 54.5 Å². The number of hydrogen-bond acceptors (Lipinski definition) is 4. The highest BCUT2D eigenvalue weighted by atomic mass is 32.2. The molecule has 2 amide bonds. The van der Waals surface area contributed by atoms with E-state index in [2.05, 4.69) is 5.32 Å². The van der Waals surface area contributed by atoms with Crippen LogP contribution in [0.1, 0.15) is 55.3 Å². The summed E-state index contributed by atoms with van der Waals surface area (Å²) in [4.78, 5) is 29.1. The van der Waals surface area contributed by atoms with Crippen molar-refractivity contribution in [3.05, 3.63) is 102 Å². The van der Waals surface area contributed by atoms with Gasteiger partial charge in [-0.2, -0.15) is 4.31 Å². The van der Waals surface area contributed by atoms with E-state index >= 15 is 0 Å². The number of nitrogens with one attached hydrogen (secondary N) is 1. The van der Waals surface area contributed by atoms with Crippen LogP contribution < -0.4 is 5.32 Å². The number of carbonyl (C=O) groups is 2. The molecule has 4 rings (SSSR count). The molecule has 1 aliphatic heterocycles. The van der Waals surface area contributed by atoms with Crippen molar-refractivity contribution < 1.29 is 18.0 Å². The quantitative estimate of drug-likeness (QED) is 0.356. The molecule has 0 aromatic heterocycles. The van der Waals surface area contributed by atoms with Crippen LogP contribution in [0.15, 0.2) is 89.8 Å². The fourth-order valence-corrected chi connectivity index (χ4v) is 6.37. The predicted molar refractivity (Wildman–Crippen MR) is 152 cm³/mol. The van der Waals surface area contributed by atoms with Crippen LogP contribution in [-0.4, -0.2) is 49.1 Å². The third-order valence-corrected chi connectivity index (χ3v) is 8.91. The first-order valence-electron chi connectivity index (χ1n) is 13.7. The number of rotatable bonds is 12. The van der Waals surface area contributed by atoms with Crippen molar-refractivity contribution in [1.82, 2.24) is 14.5 Å². The molecule has 1 unspecified atom stereocenters. The predicted octanol–water partition coefficient (Wildman–Crippen LogP) is 4.70. The average Bonchev–Trinajstić information content (AvgIpc) is 3.52. The highest BCUT2D eigenvalue weighted by Gasteiger charge is 2.31.